The summed E-state index contributed by atoms with van der Waals surface area (Å²) in [5.74, 6) is 1.58. The van der Waals surface area contributed by atoms with Gasteiger partial charge in [0.05, 0.1) is 6.04 Å². The van der Waals surface area contributed by atoms with Crippen LogP contribution in [0.5, 0.6) is 0 Å². The molecular weight excluding hydrogens is 320 g/mol. The molecule has 140 valence electrons. The molecule has 1 aliphatic heterocycles. The molecule has 1 fully saturated rings. The molecular formula is C22H32N4. The van der Waals surface area contributed by atoms with Crippen LogP contribution >= 0.6 is 0 Å². The summed E-state index contributed by atoms with van der Waals surface area (Å²) < 4.78 is 0. The van der Waals surface area contributed by atoms with E-state index in [4.69, 9.17) is 4.99 Å². The average Bonchev–Trinajstić information content (AvgIpc) is 2.66. The van der Waals surface area contributed by atoms with E-state index in [-0.39, 0.29) is 6.04 Å². The van der Waals surface area contributed by atoms with Crippen molar-refractivity contribution >= 4 is 16.7 Å². The molecule has 2 N–H and O–H groups in total. The molecule has 2 aromatic carbocycles. The summed E-state index contributed by atoms with van der Waals surface area (Å²) in [6.45, 7) is 8.46. The van der Waals surface area contributed by atoms with Crippen molar-refractivity contribution in [3.8, 4) is 0 Å². The second kappa shape index (κ2) is 9.04. The first-order valence-electron chi connectivity index (χ1n) is 9.87. The maximum Gasteiger partial charge on any atom is 0.191 e. The van der Waals surface area contributed by atoms with Crippen LogP contribution in [0.2, 0.25) is 0 Å². The number of hydrogen-bond donors (Lipinski definition) is 2. The number of hydrogen-bond acceptors (Lipinski definition) is 2. The molecule has 1 aliphatic rings. The van der Waals surface area contributed by atoms with Gasteiger partial charge >= 0.3 is 0 Å². The van der Waals surface area contributed by atoms with Crippen LogP contribution in [0.1, 0.15) is 38.3 Å². The molecule has 1 heterocycles. The molecule has 1 saturated heterocycles. The van der Waals surface area contributed by atoms with E-state index >= 15 is 0 Å². The monoisotopic (exact) mass is 352 g/mol. The first-order chi connectivity index (χ1) is 12.7. The van der Waals surface area contributed by atoms with Crippen LogP contribution in [0.3, 0.4) is 0 Å². The minimum atomic E-state index is 0.214. The third-order valence-electron chi connectivity index (χ3n) is 5.20. The van der Waals surface area contributed by atoms with Gasteiger partial charge in [-0.2, -0.15) is 0 Å². The van der Waals surface area contributed by atoms with Crippen LogP contribution < -0.4 is 10.6 Å². The predicted octanol–water partition coefficient (Wildman–Crippen LogP) is 3.80. The quantitative estimate of drug-likeness (QED) is 0.635. The van der Waals surface area contributed by atoms with Crippen molar-refractivity contribution in [1.82, 2.24) is 15.5 Å². The van der Waals surface area contributed by atoms with Crippen LogP contribution in [-0.2, 0) is 0 Å². The first-order valence-corrected chi connectivity index (χ1v) is 9.87. The molecule has 2 atom stereocenters. The second-order valence-corrected chi connectivity index (χ2v) is 7.46. The van der Waals surface area contributed by atoms with E-state index in [0.29, 0.717) is 5.92 Å². The molecule has 3 rings (SSSR count). The fourth-order valence-corrected chi connectivity index (χ4v) is 3.73. The van der Waals surface area contributed by atoms with Crippen molar-refractivity contribution in [3.05, 3.63) is 48.0 Å². The lowest BCUT2D eigenvalue weighted by Crippen LogP contribution is -2.40. The Morgan fingerprint density at radius 3 is 2.81 bits per heavy atom. The Morgan fingerprint density at radius 1 is 1.23 bits per heavy atom. The van der Waals surface area contributed by atoms with Gasteiger partial charge in [-0.25, -0.2) is 0 Å². The van der Waals surface area contributed by atoms with Gasteiger partial charge in [-0.15, -0.1) is 0 Å². The highest BCUT2D eigenvalue weighted by Crippen LogP contribution is 2.20. The molecule has 2 unspecified atom stereocenters. The minimum absolute atomic E-state index is 0.214. The van der Waals surface area contributed by atoms with Crippen LogP contribution in [0.15, 0.2) is 47.5 Å². The Bertz CT molecular complexity index is 740. The Kier molecular flexibility index (Phi) is 6.51. The molecule has 26 heavy (non-hydrogen) atoms. The highest BCUT2D eigenvalue weighted by atomic mass is 15.2. The van der Waals surface area contributed by atoms with E-state index in [0.717, 1.165) is 25.6 Å². The number of benzene rings is 2. The van der Waals surface area contributed by atoms with Crippen molar-refractivity contribution in [2.75, 3.05) is 33.2 Å². The number of nitrogens with zero attached hydrogens (tertiary/aromatic N) is 2. The Morgan fingerprint density at radius 2 is 2.04 bits per heavy atom. The van der Waals surface area contributed by atoms with Crippen molar-refractivity contribution in [2.45, 2.75) is 32.7 Å². The molecule has 2 aromatic rings. The lowest BCUT2D eigenvalue weighted by atomic mass is 9.99. The molecule has 4 heteroatoms. The zero-order valence-corrected chi connectivity index (χ0v) is 16.3. The number of fused-ring (bicyclic) bond motifs is 1. The van der Waals surface area contributed by atoms with Gasteiger partial charge in [0.2, 0.25) is 0 Å². The number of likely N-dealkylation sites (tertiary alicyclic amines) is 1. The molecule has 0 bridgehead atoms. The highest BCUT2D eigenvalue weighted by molar-refractivity contribution is 5.84. The topological polar surface area (TPSA) is 39.7 Å². The molecule has 0 radical (unpaired) electrons. The smallest absolute Gasteiger partial charge is 0.191 e. The SMILES string of the molecule is CCNC(=NCC1CCCN(C)C1)NC(C)c1ccc2ccccc2c1. The van der Waals surface area contributed by atoms with Gasteiger partial charge in [0.25, 0.3) is 0 Å². The van der Waals surface area contributed by atoms with Gasteiger partial charge in [-0.05, 0) is 68.6 Å². The second-order valence-electron chi connectivity index (χ2n) is 7.46. The third-order valence-corrected chi connectivity index (χ3v) is 5.20. The molecule has 0 spiro atoms. The van der Waals surface area contributed by atoms with E-state index in [1.807, 2.05) is 0 Å². The van der Waals surface area contributed by atoms with Crippen LogP contribution in [-0.4, -0.2) is 44.1 Å². The number of aliphatic imine (C=N–C) groups is 1. The Hall–Kier alpha value is -2.07. The van der Waals surface area contributed by atoms with Gasteiger partial charge in [0, 0.05) is 19.6 Å². The van der Waals surface area contributed by atoms with Crippen molar-refractivity contribution in [1.29, 1.82) is 0 Å². The first kappa shape index (κ1) is 18.7. The lowest BCUT2D eigenvalue weighted by Gasteiger charge is -2.29. The summed E-state index contributed by atoms with van der Waals surface area (Å²) in [7, 11) is 2.21. The summed E-state index contributed by atoms with van der Waals surface area (Å²) >= 11 is 0. The fourth-order valence-electron chi connectivity index (χ4n) is 3.73. The van der Waals surface area contributed by atoms with Gasteiger partial charge < -0.3 is 15.5 Å². The number of piperidine rings is 1. The van der Waals surface area contributed by atoms with Gasteiger partial charge in [0.15, 0.2) is 5.96 Å². The van der Waals surface area contributed by atoms with E-state index in [2.05, 4.69) is 78.9 Å². The predicted molar refractivity (Wildman–Crippen MR) is 112 cm³/mol. The van der Waals surface area contributed by atoms with Crippen LogP contribution in [0, 0.1) is 5.92 Å². The van der Waals surface area contributed by atoms with Gasteiger partial charge in [-0.1, -0.05) is 36.4 Å². The van der Waals surface area contributed by atoms with E-state index in [1.54, 1.807) is 0 Å². The normalized spacial score (nSPS) is 20.1. The average molecular weight is 353 g/mol. The molecule has 0 amide bonds. The minimum Gasteiger partial charge on any atom is -0.357 e. The molecule has 0 aromatic heterocycles. The van der Waals surface area contributed by atoms with E-state index in [9.17, 15) is 0 Å². The molecule has 0 saturated carbocycles. The standard InChI is InChI=1S/C22H32N4/c1-4-23-22(24-15-18-8-7-13-26(3)16-18)25-17(2)20-12-11-19-9-5-6-10-21(19)14-20/h5-6,9-12,14,17-18H,4,7-8,13,15-16H2,1-3H3,(H2,23,24,25). The zero-order valence-electron chi connectivity index (χ0n) is 16.3. The zero-order chi connectivity index (χ0) is 18.4. The van der Waals surface area contributed by atoms with Gasteiger partial charge in [-0.3, -0.25) is 4.99 Å². The molecule has 4 nitrogen and oxygen atoms in total. The maximum absolute atomic E-state index is 4.87. The number of guanidine groups is 1. The Labute approximate surface area is 157 Å². The Balaban J connectivity index is 1.66. The largest absolute Gasteiger partial charge is 0.357 e. The lowest BCUT2D eigenvalue weighted by molar-refractivity contribution is 0.214. The maximum atomic E-state index is 4.87. The summed E-state index contributed by atoms with van der Waals surface area (Å²) in [6.07, 6.45) is 2.57. The summed E-state index contributed by atoms with van der Waals surface area (Å²) in [4.78, 5) is 7.29. The van der Waals surface area contributed by atoms with E-state index < -0.39 is 0 Å². The van der Waals surface area contributed by atoms with Gasteiger partial charge in [0.1, 0.15) is 0 Å². The van der Waals surface area contributed by atoms with Crippen molar-refractivity contribution in [2.24, 2.45) is 10.9 Å². The highest BCUT2D eigenvalue weighted by Gasteiger charge is 2.17. The van der Waals surface area contributed by atoms with E-state index in [1.165, 1.54) is 35.7 Å². The fraction of sp³-hybridized carbons (Fsp3) is 0.500. The third kappa shape index (κ3) is 4.98. The van der Waals surface area contributed by atoms with Crippen LogP contribution in [0.4, 0.5) is 0 Å². The number of rotatable bonds is 5. The summed E-state index contributed by atoms with van der Waals surface area (Å²) in [5, 5.41) is 9.54. The number of nitrogens with one attached hydrogen (secondary N) is 2. The van der Waals surface area contributed by atoms with Crippen molar-refractivity contribution < 1.29 is 0 Å². The summed E-state index contributed by atoms with van der Waals surface area (Å²) in [6, 6.07) is 15.4. The van der Waals surface area contributed by atoms with Crippen LogP contribution in [0.25, 0.3) is 10.8 Å². The van der Waals surface area contributed by atoms with Crippen molar-refractivity contribution in [3.63, 3.8) is 0 Å². The summed E-state index contributed by atoms with van der Waals surface area (Å²) in [5.41, 5.74) is 1.28. The molecule has 0 aliphatic carbocycles.